The third kappa shape index (κ3) is 48.8. The number of unbranched alkanes of at least 4 members (excludes halogenated alkanes) is 15. The van der Waals surface area contributed by atoms with E-state index >= 15 is 0 Å². The largest absolute Gasteiger partial charge is 0.462 e. The lowest BCUT2D eigenvalue weighted by atomic mass is 10.1. The second kappa shape index (κ2) is 51.4. The summed E-state index contributed by atoms with van der Waals surface area (Å²) in [6.07, 6.45) is 70.4. The first-order valence-electron chi connectivity index (χ1n) is 25.6. The Bertz CT molecular complexity index is 1390. The number of hydrogen-bond acceptors (Lipinski definition) is 6. The number of carbonyl (C=O) groups excluding carboxylic acids is 3. The molecule has 6 heteroatoms. The number of carbonyl (C=O) groups is 3. The molecular formula is C58H92O6. The van der Waals surface area contributed by atoms with Gasteiger partial charge >= 0.3 is 17.9 Å². The van der Waals surface area contributed by atoms with Crippen LogP contribution in [0.3, 0.4) is 0 Å². The van der Waals surface area contributed by atoms with Crippen molar-refractivity contribution in [1.29, 1.82) is 0 Å². The molecule has 360 valence electrons. The predicted octanol–water partition coefficient (Wildman–Crippen LogP) is 16.9. The van der Waals surface area contributed by atoms with Crippen molar-refractivity contribution in [2.24, 2.45) is 0 Å². The number of esters is 3. The van der Waals surface area contributed by atoms with E-state index in [2.05, 4.69) is 142 Å². The molecule has 0 spiro atoms. The Kier molecular flexibility index (Phi) is 48.1. The van der Waals surface area contributed by atoms with E-state index in [1.807, 2.05) is 0 Å². The van der Waals surface area contributed by atoms with Crippen molar-refractivity contribution in [3.63, 3.8) is 0 Å². The van der Waals surface area contributed by atoms with E-state index < -0.39 is 6.10 Å². The predicted molar refractivity (Wildman–Crippen MR) is 274 cm³/mol. The van der Waals surface area contributed by atoms with Crippen molar-refractivity contribution < 1.29 is 28.6 Å². The molecule has 1 atom stereocenters. The summed E-state index contributed by atoms with van der Waals surface area (Å²) in [4.78, 5) is 38.0. The number of rotatable bonds is 44. The molecule has 0 N–H and O–H groups in total. The van der Waals surface area contributed by atoms with Gasteiger partial charge in [0.25, 0.3) is 0 Å². The van der Waals surface area contributed by atoms with E-state index in [0.29, 0.717) is 19.3 Å². The molecule has 0 bridgehead atoms. The van der Waals surface area contributed by atoms with Gasteiger partial charge in [0.05, 0.1) is 0 Å². The van der Waals surface area contributed by atoms with Crippen LogP contribution in [-0.2, 0) is 28.6 Å². The first-order chi connectivity index (χ1) is 31.5. The van der Waals surface area contributed by atoms with Crippen LogP contribution in [0.1, 0.15) is 207 Å². The average Bonchev–Trinajstić information content (AvgIpc) is 3.29. The van der Waals surface area contributed by atoms with Crippen LogP contribution in [-0.4, -0.2) is 37.2 Å². The van der Waals surface area contributed by atoms with Crippen molar-refractivity contribution in [2.45, 2.75) is 213 Å². The second-order valence-electron chi connectivity index (χ2n) is 16.3. The molecule has 0 amide bonds. The zero-order chi connectivity index (χ0) is 46.5. The first-order valence-corrected chi connectivity index (χ1v) is 25.6. The van der Waals surface area contributed by atoms with Crippen molar-refractivity contribution in [3.05, 3.63) is 122 Å². The van der Waals surface area contributed by atoms with E-state index in [-0.39, 0.29) is 31.1 Å². The van der Waals surface area contributed by atoms with Crippen molar-refractivity contribution in [2.75, 3.05) is 13.2 Å². The SMILES string of the molecule is CC\C=C/C=C\C=C/CCCCCCCC(=O)OCC(COC(=O)CCCCC/C=C\C/C=C\C/C=C\C/C=C\C/C=C\CC)OC(=O)CCCCCCCCC/C=C\C/C=C\CC. The Morgan fingerprint density at radius 2 is 0.641 bits per heavy atom. The number of allylic oxidation sites excluding steroid dienone is 20. The topological polar surface area (TPSA) is 78.9 Å². The van der Waals surface area contributed by atoms with Gasteiger partial charge in [0.1, 0.15) is 13.2 Å². The minimum absolute atomic E-state index is 0.106. The van der Waals surface area contributed by atoms with Crippen molar-refractivity contribution >= 4 is 17.9 Å². The molecule has 0 aromatic rings. The maximum absolute atomic E-state index is 12.8. The summed E-state index contributed by atoms with van der Waals surface area (Å²) in [6.45, 7) is 6.21. The third-order valence-electron chi connectivity index (χ3n) is 10.3. The quantitative estimate of drug-likeness (QED) is 0.0199. The van der Waals surface area contributed by atoms with Gasteiger partial charge in [0, 0.05) is 19.3 Å². The summed E-state index contributed by atoms with van der Waals surface area (Å²) in [7, 11) is 0. The normalized spacial score (nSPS) is 13.1. The van der Waals surface area contributed by atoms with Gasteiger partial charge in [0.2, 0.25) is 0 Å². The van der Waals surface area contributed by atoms with Crippen LogP contribution in [0, 0.1) is 0 Å². The lowest BCUT2D eigenvalue weighted by molar-refractivity contribution is -0.167. The smallest absolute Gasteiger partial charge is 0.306 e. The molecule has 1 unspecified atom stereocenters. The highest BCUT2D eigenvalue weighted by molar-refractivity contribution is 5.71. The Morgan fingerprint density at radius 1 is 0.328 bits per heavy atom. The fourth-order valence-corrected chi connectivity index (χ4v) is 6.50. The molecule has 0 aliphatic carbocycles. The Labute approximate surface area is 392 Å². The van der Waals surface area contributed by atoms with Gasteiger partial charge in [0.15, 0.2) is 6.10 Å². The van der Waals surface area contributed by atoms with E-state index in [1.165, 1.54) is 25.7 Å². The van der Waals surface area contributed by atoms with Crippen LogP contribution >= 0.6 is 0 Å². The summed E-state index contributed by atoms with van der Waals surface area (Å²) >= 11 is 0. The van der Waals surface area contributed by atoms with Gasteiger partial charge in [-0.25, -0.2) is 0 Å². The van der Waals surface area contributed by atoms with Gasteiger partial charge in [-0.15, -0.1) is 0 Å². The summed E-state index contributed by atoms with van der Waals surface area (Å²) in [5.74, 6) is -0.975. The van der Waals surface area contributed by atoms with Crippen LogP contribution in [0.5, 0.6) is 0 Å². The summed E-state index contributed by atoms with van der Waals surface area (Å²) in [6, 6.07) is 0. The van der Waals surface area contributed by atoms with E-state index in [1.54, 1.807) is 0 Å². The van der Waals surface area contributed by atoms with Crippen LogP contribution in [0.2, 0.25) is 0 Å². The summed E-state index contributed by atoms with van der Waals surface area (Å²) < 4.78 is 16.7. The minimum atomic E-state index is -0.807. The Hall–Kier alpha value is -4.19. The fraction of sp³-hybridized carbons (Fsp3) is 0.603. The third-order valence-corrected chi connectivity index (χ3v) is 10.3. The molecule has 64 heavy (non-hydrogen) atoms. The first kappa shape index (κ1) is 59.8. The lowest BCUT2D eigenvalue weighted by Gasteiger charge is -2.18. The van der Waals surface area contributed by atoms with Crippen molar-refractivity contribution in [3.8, 4) is 0 Å². The highest BCUT2D eigenvalue weighted by Gasteiger charge is 2.19. The molecule has 0 aromatic carbocycles. The number of hydrogen-bond donors (Lipinski definition) is 0. The van der Waals surface area contributed by atoms with Crippen LogP contribution in [0.25, 0.3) is 0 Å². The average molecular weight is 885 g/mol. The highest BCUT2D eigenvalue weighted by atomic mass is 16.6. The molecular weight excluding hydrogens is 793 g/mol. The summed E-state index contributed by atoms with van der Waals surface area (Å²) in [5.41, 5.74) is 0. The Morgan fingerprint density at radius 3 is 1.06 bits per heavy atom. The molecule has 0 heterocycles. The van der Waals surface area contributed by atoms with Gasteiger partial charge in [-0.3, -0.25) is 14.4 Å². The van der Waals surface area contributed by atoms with Crippen LogP contribution < -0.4 is 0 Å². The van der Waals surface area contributed by atoms with Crippen LogP contribution in [0.4, 0.5) is 0 Å². The molecule has 0 aliphatic heterocycles. The fourth-order valence-electron chi connectivity index (χ4n) is 6.50. The molecule has 6 nitrogen and oxygen atoms in total. The maximum Gasteiger partial charge on any atom is 0.306 e. The monoisotopic (exact) mass is 885 g/mol. The lowest BCUT2D eigenvalue weighted by Crippen LogP contribution is -2.30. The van der Waals surface area contributed by atoms with Gasteiger partial charge < -0.3 is 14.2 Å². The van der Waals surface area contributed by atoms with E-state index in [9.17, 15) is 14.4 Å². The van der Waals surface area contributed by atoms with Crippen molar-refractivity contribution in [1.82, 2.24) is 0 Å². The van der Waals surface area contributed by atoms with E-state index in [4.69, 9.17) is 14.2 Å². The van der Waals surface area contributed by atoms with E-state index in [0.717, 1.165) is 141 Å². The van der Waals surface area contributed by atoms with Gasteiger partial charge in [-0.05, 0) is 109 Å². The zero-order valence-electron chi connectivity index (χ0n) is 41.0. The molecule has 0 aromatic heterocycles. The molecule has 0 saturated heterocycles. The zero-order valence-corrected chi connectivity index (χ0v) is 41.0. The summed E-state index contributed by atoms with van der Waals surface area (Å²) in [5, 5.41) is 0. The maximum atomic E-state index is 12.8. The molecule has 0 saturated carbocycles. The second-order valence-corrected chi connectivity index (χ2v) is 16.3. The molecule has 0 rings (SSSR count). The molecule has 0 fully saturated rings. The number of ether oxygens (including phenoxy) is 3. The molecule has 0 radical (unpaired) electrons. The minimum Gasteiger partial charge on any atom is -0.462 e. The van der Waals surface area contributed by atoms with Gasteiger partial charge in [-0.2, -0.15) is 0 Å². The highest BCUT2D eigenvalue weighted by Crippen LogP contribution is 2.13. The van der Waals surface area contributed by atoms with Gasteiger partial charge in [-0.1, -0.05) is 200 Å². The van der Waals surface area contributed by atoms with Crippen LogP contribution in [0.15, 0.2) is 122 Å². The Balaban J connectivity index is 4.49. The molecule has 0 aliphatic rings. The standard InChI is InChI=1S/C58H92O6/c1-4-7-10-13-16-19-22-25-27-28-29-30-31-34-36-39-42-45-48-51-57(60)63-54-55(53-62-56(59)50-47-44-41-38-35-32-24-21-18-15-12-9-6-3)64-58(61)52-49-46-43-40-37-33-26-23-20-17-14-11-8-5-2/h7-12,15-21,24-25,27,29-30,34,36,55H,4-6,13-14,22-23,26,28,31-33,35,37-54H2,1-3H3/b10-7-,11-8-,12-9-,18-15-,19-16-,20-17-,24-21-,27-25-,30-29-,36-34-.